The highest BCUT2D eigenvalue weighted by Crippen LogP contribution is 2.19. The van der Waals surface area contributed by atoms with Gasteiger partial charge < -0.3 is 10.1 Å². The molecular formula is C9H19NOS. The Kier molecular flexibility index (Phi) is 4.40. The van der Waals surface area contributed by atoms with Crippen molar-refractivity contribution in [1.82, 2.24) is 5.32 Å². The quantitative estimate of drug-likeness (QED) is 0.677. The van der Waals surface area contributed by atoms with Crippen LogP contribution in [-0.2, 0) is 4.74 Å². The second-order valence-corrected chi connectivity index (χ2v) is 4.58. The van der Waals surface area contributed by atoms with Crippen LogP contribution in [0.25, 0.3) is 0 Å². The van der Waals surface area contributed by atoms with Gasteiger partial charge in [0.25, 0.3) is 0 Å². The van der Waals surface area contributed by atoms with E-state index < -0.39 is 0 Å². The molecule has 0 aromatic rings. The van der Waals surface area contributed by atoms with Gasteiger partial charge in [0.2, 0.25) is 0 Å². The zero-order valence-electron chi connectivity index (χ0n) is 8.06. The van der Waals surface area contributed by atoms with Gasteiger partial charge in [-0.15, -0.1) is 0 Å². The number of thioether (sulfide) groups is 1. The van der Waals surface area contributed by atoms with Crippen LogP contribution in [0.15, 0.2) is 0 Å². The molecule has 1 N–H and O–H groups in total. The Morgan fingerprint density at radius 1 is 1.42 bits per heavy atom. The van der Waals surface area contributed by atoms with Gasteiger partial charge in [0.1, 0.15) is 0 Å². The highest BCUT2D eigenvalue weighted by atomic mass is 32.2. The monoisotopic (exact) mass is 189 g/mol. The zero-order valence-corrected chi connectivity index (χ0v) is 8.88. The molecule has 72 valence electrons. The first-order valence-corrected chi connectivity index (χ1v) is 5.98. The molecular weight excluding hydrogens is 170 g/mol. The first-order valence-electron chi connectivity index (χ1n) is 4.58. The second kappa shape index (κ2) is 5.10. The van der Waals surface area contributed by atoms with Crippen LogP contribution < -0.4 is 5.32 Å². The molecule has 1 aliphatic rings. The van der Waals surface area contributed by atoms with Gasteiger partial charge in [0.15, 0.2) is 0 Å². The van der Waals surface area contributed by atoms with Crippen molar-refractivity contribution in [1.29, 1.82) is 0 Å². The van der Waals surface area contributed by atoms with Crippen molar-refractivity contribution in [3.8, 4) is 0 Å². The van der Waals surface area contributed by atoms with Crippen LogP contribution in [0.3, 0.4) is 0 Å². The van der Waals surface area contributed by atoms with E-state index >= 15 is 0 Å². The molecule has 0 saturated carbocycles. The summed E-state index contributed by atoms with van der Waals surface area (Å²) in [4.78, 5) is 0. The molecule has 0 radical (unpaired) electrons. The smallest absolute Gasteiger partial charge is 0.0483 e. The minimum absolute atomic E-state index is 0.341. The fraction of sp³-hybridized carbons (Fsp3) is 1.00. The van der Waals surface area contributed by atoms with Gasteiger partial charge in [-0.05, 0) is 26.0 Å². The molecule has 2 nitrogen and oxygen atoms in total. The first kappa shape index (κ1) is 10.4. The van der Waals surface area contributed by atoms with Gasteiger partial charge in [-0.25, -0.2) is 0 Å². The van der Waals surface area contributed by atoms with E-state index in [9.17, 15) is 0 Å². The second-order valence-electron chi connectivity index (χ2n) is 3.59. The first-order chi connectivity index (χ1) is 5.77. The summed E-state index contributed by atoms with van der Waals surface area (Å²) in [6.45, 7) is 5.26. The average molecular weight is 189 g/mol. The zero-order chi connectivity index (χ0) is 8.86. The van der Waals surface area contributed by atoms with Crippen molar-refractivity contribution in [3.05, 3.63) is 0 Å². The van der Waals surface area contributed by atoms with E-state index in [1.165, 1.54) is 5.75 Å². The molecule has 0 atom stereocenters. The minimum atomic E-state index is 0.341. The fourth-order valence-electron chi connectivity index (χ4n) is 1.45. The highest BCUT2D eigenvalue weighted by Gasteiger charge is 2.25. The summed E-state index contributed by atoms with van der Waals surface area (Å²) in [6, 6.07) is 0. The Morgan fingerprint density at radius 2 is 2.08 bits per heavy atom. The SMILES string of the molecule is CSCCNC1(C)CCOCC1. The van der Waals surface area contributed by atoms with Crippen molar-refractivity contribution in [2.24, 2.45) is 0 Å². The van der Waals surface area contributed by atoms with Crippen LogP contribution in [0.2, 0.25) is 0 Å². The lowest BCUT2D eigenvalue weighted by Gasteiger charge is -2.34. The van der Waals surface area contributed by atoms with Gasteiger partial charge in [-0.1, -0.05) is 0 Å². The number of nitrogens with one attached hydrogen (secondary N) is 1. The van der Waals surface area contributed by atoms with Crippen molar-refractivity contribution in [2.45, 2.75) is 25.3 Å². The van der Waals surface area contributed by atoms with E-state index in [4.69, 9.17) is 4.74 Å². The lowest BCUT2D eigenvalue weighted by Crippen LogP contribution is -2.47. The predicted octanol–water partition coefficient (Wildman–Crippen LogP) is 1.51. The molecule has 0 spiro atoms. The van der Waals surface area contributed by atoms with Gasteiger partial charge in [-0.3, -0.25) is 0 Å². The Bertz CT molecular complexity index is 124. The Labute approximate surface area is 79.4 Å². The molecule has 0 aromatic heterocycles. The largest absolute Gasteiger partial charge is 0.381 e. The van der Waals surface area contributed by atoms with Gasteiger partial charge in [-0.2, -0.15) is 11.8 Å². The normalized spacial score (nSPS) is 22.5. The van der Waals surface area contributed by atoms with Crippen LogP contribution in [0, 0.1) is 0 Å². The molecule has 0 unspecified atom stereocenters. The summed E-state index contributed by atoms with van der Waals surface area (Å²) < 4.78 is 5.33. The molecule has 3 heteroatoms. The number of ether oxygens (including phenoxy) is 1. The predicted molar refractivity (Wildman–Crippen MR) is 54.8 cm³/mol. The molecule has 0 amide bonds. The Balaban J connectivity index is 2.17. The molecule has 0 bridgehead atoms. The van der Waals surface area contributed by atoms with Crippen molar-refractivity contribution in [2.75, 3.05) is 31.8 Å². The molecule has 0 aromatic carbocycles. The summed E-state index contributed by atoms with van der Waals surface area (Å²) in [7, 11) is 0. The summed E-state index contributed by atoms with van der Waals surface area (Å²) in [5, 5.41) is 3.60. The van der Waals surface area contributed by atoms with Gasteiger partial charge in [0.05, 0.1) is 0 Å². The molecule has 1 rings (SSSR count). The van der Waals surface area contributed by atoms with Crippen LogP contribution >= 0.6 is 11.8 Å². The minimum Gasteiger partial charge on any atom is -0.381 e. The number of rotatable bonds is 4. The van der Waals surface area contributed by atoms with Gasteiger partial charge >= 0.3 is 0 Å². The standard InChI is InChI=1S/C9H19NOS/c1-9(10-5-8-12-2)3-6-11-7-4-9/h10H,3-8H2,1-2H3. The highest BCUT2D eigenvalue weighted by molar-refractivity contribution is 7.98. The van der Waals surface area contributed by atoms with E-state index in [0.717, 1.165) is 32.6 Å². The van der Waals surface area contributed by atoms with E-state index in [-0.39, 0.29) is 0 Å². The third-order valence-electron chi connectivity index (χ3n) is 2.45. The third-order valence-corrected chi connectivity index (χ3v) is 3.07. The van der Waals surface area contributed by atoms with Crippen molar-refractivity contribution < 1.29 is 4.74 Å². The van der Waals surface area contributed by atoms with Crippen LogP contribution in [0.1, 0.15) is 19.8 Å². The maximum absolute atomic E-state index is 5.33. The summed E-state index contributed by atoms with van der Waals surface area (Å²) in [5.74, 6) is 1.20. The van der Waals surface area contributed by atoms with E-state index in [1.54, 1.807) is 0 Å². The summed E-state index contributed by atoms with van der Waals surface area (Å²) in [5.41, 5.74) is 0.341. The van der Waals surface area contributed by atoms with E-state index in [1.807, 2.05) is 11.8 Å². The van der Waals surface area contributed by atoms with Crippen LogP contribution in [0.5, 0.6) is 0 Å². The molecule has 1 aliphatic heterocycles. The molecule has 12 heavy (non-hydrogen) atoms. The van der Waals surface area contributed by atoms with E-state index in [2.05, 4.69) is 18.5 Å². The lowest BCUT2D eigenvalue weighted by molar-refractivity contribution is 0.0462. The summed E-state index contributed by atoms with van der Waals surface area (Å²) >= 11 is 1.90. The molecule has 1 saturated heterocycles. The fourth-order valence-corrected chi connectivity index (χ4v) is 1.76. The topological polar surface area (TPSA) is 21.3 Å². The maximum Gasteiger partial charge on any atom is 0.0483 e. The van der Waals surface area contributed by atoms with Crippen molar-refractivity contribution in [3.63, 3.8) is 0 Å². The lowest BCUT2D eigenvalue weighted by atomic mass is 9.93. The Morgan fingerprint density at radius 3 is 2.67 bits per heavy atom. The molecule has 0 aliphatic carbocycles. The Hall–Kier alpha value is 0.270. The maximum atomic E-state index is 5.33. The van der Waals surface area contributed by atoms with Crippen LogP contribution in [-0.4, -0.2) is 37.3 Å². The number of hydrogen-bond acceptors (Lipinski definition) is 3. The average Bonchev–Trinajstić information content (AvgIpc) is 2.06. The van der Waals surface area contributed by atoms with Crippen LogP contribution in [0.4, 0.5) is 0 Å². The molecule has 1 fully saturated rings. The van der Waals surface area contributed by atoms with E-state index in [0.29, 0.717) is 5.54 Å². The third kappa shape index (κ3) is 3.33. The van der Waals surface area contributed by atoms with Gasteiger partial charge in [0, 0.05) is 31.1 Å². The number of hydrogen-bond donors (Lipinski definition) is 1. The van der Waals surface area contributed by atoms with Crippen molar-refractivity contribution >= 4 is 11.8 Å². The molecule has 1 heterocycles. The summed E-state index contributed by atoms with van der Waals surface area (Å²) in [6.07, 6.45) is 4.46.